The van der Waals surface area contributed by atoms with Crippen molar-refractivity contribution in [3.63, 3.8) is 0 Å². The molecule has 0 bridgehead atoms. The molecule has 27 heavy (non-hydrogen) atoms. The van der Waals surface area contributed by atoms with Gasteiger partial charge in [-0.05, 0) is 18.6 Å². The number of hydrogen-bond acceptors (Lipinski definition) is 3. The first-order chi connectivity index (χ1) is 12.7. The Morgan fingerprint density at radius 1 is 0.667 bits per heavy atom. The van der Waals surface area contributed by atoms with Crippen LogP contribution in [0.3, 0.4) is 0 Å². The summed E-state index contributed by atoms with van der Waals surface area (Å²) in [5, 5.41) is 0. The maximum atomic E-state index is 11.9. The third kappa shape index (κ3) is 15.2. The van der Waals surface area contributed by atoms with E-state index in [9.17, 15) is 8.42 Å². The van der Waals surface area contributed by atoms with Gasteiger partial charge in [-0.25, -0.2) is 0 Å². The fraction of sp³-hybridized carbons (Fsp3) is 0.727. The first-order valence-corrected chi connectivity index (χ1v) is 12.0. The van der Waals surface area contributed by atoms with Gasteiger partial charge < -0.3 is 0 Å². The molecular formula is C22H40BaO3S. The van der Waals surface area contributed by atoms with E-state index in [1.807, 2.05) is 0 Å². The molecule has 0 atom stereocenters. The zero-order valence-corrected chi connectivity index (χ0v) is 17.4. The Bertz CT molecular complexity index is 532. The van der Waals surface area contributed by atoms with E-state index in [0.717, 1.165) is 12.8 Å². The van der Waals surface area contributed by atoms with Crippen LogP contribution in [0.5, 0.6) is 0 Å². The summed E-state index contributed by atoms with van der Waals surface area (Å²) in [7, 11) is -3.58. The van der Waals surface area contributed by atoms with Crippen LogP contribution in [0, 0.1) is 0 Å². The van der Waals surface area contributed by atoms with Gasteiger partial charge in [0.15, 0.2) is 0 Å². The fourth-order valence-corrected chi connectivity index (χ4v) is 4.08. The first kappa shape index (κ1) is 27.7. The van der Waals surface area contributed by atoms with E-state index in [2.05, 4.69) is 6.92 Å². The number of hydrogen-bond donors (Lipinski definition) is 0. The molecule has 3 nitrogen and oxygen atoms in total. The summed E-state index contributed by atoms with van der Waals surface area (Å²) in [6, 6.07) is 8.36. The molecule has 0 unspecified atom stereocenters. The zero-order valence-electron chi connectivity index (χ0n) is 16.6. The van der Waals surface area contributed by atoms with Crippen LogP contribution >= 0.6 is 0 Å². The Kier molecular flexibility index (Phi) is 19.2. The summed E-state index contributed by atoms with van der Waals surface area (Å²) >= 11 is 0. The third-order valence-electron chi connectivity index (χ3n) is 4.77. The number of rotatable bonds is 17. The summed E-state index contributed by atoms with van der Waals surface area (Å²) in [5.41, 5.74) is 0. The van der Waals surface area contributed by atoms with Crippen LogP contribution in [0.15, 0.2) is 35.2 Å². The van der Waals surface area contributed by atoms with E-state index in [4.69, 9.17) is 4.18 Å². The normalized spacial score (nSPS) is 11.3. The zero-order chi connectivity index (χ0) is 18.9. The summed E-state index contributed by atoms with van der Waals surface area (Å²) in [5.74, 6) is 0. The van der Waals surface area contributed by atoms with Crippen LogP contribution in [0.25, 0.3) is 0 Å². The molecule has 0 amide bonds. The molecule has 0 fully saturated rings. The predicted molar refractivity (Wildman–Crippen MR) is 118 cm³/mol. The molecule has 5 heteroatoms. The van der Waals surface area contributed by atoms with Gasteiger partial charge in [-0.1, -0.05) is 109 Å². The first-order valence-electron chi connectivity index (χ1n) is 10.6. The maximum absolute atomic E-state index is 11.9. The molecule has 0 saturated carbocycles. The van der Waals surface area contributed by atoms with Gasteiger partial charge >= 0.3 is 48.9 Å². The van der Waals surface area contributed by atoms with Gasteiger partial charge in [0, 0.05) is 0 Å². The summed E-state index contributed by atoms with van der Waals surface area (Å²) in [6.07, 6.45) is 18.0. The molecule has 0 aromatic heterocycles. The Balaban J connectivity index is 0.00000676. The molecule has 0 N–H and O–H groups in total. The summed E-state index contributed by atoms with van der Waals surface area (Å²) in [6.45, 7) is 2.55. The summed E-state index contributed by atoms with van der Waals surface area (Å²) < 4.78 is 29.0. The van der Waals surface area contributed by atoms with Crippen molar-refractivity contribution in [3.05, 3.63) is 30.3 Å². The van der Waals surface area contributed by atoms with Crippen molar-refractivity contribution in [1.82, 2.24) is 0 Å². The van der Waals surface area contributed by atoms with Crippen LogP contribution in [-0.2, 0) is 14.3 Å². The van der Waals surface area contributed by atoms with Gasteiger partial charge in [-0.2, -0.15) is 8.42 Å². The van der Waals surface area contributed by atoms with Crippen LogP contribution in [0.1, 0.15) is 96.8 Å². The van der Waals surface area contributed by atoms with E-state index in [0.29, 0.717) is 0 Å². The Hall–Kier alpha value is 0.701. The Morgan fingerprint density at radius 3 is 1.52 bits per heavy atom. The van der Waals surface area contributed by atoms with Gasteiger partial charge in [-0.3, -0.25) is 4.18 Å². The molecule has 1 aromatic rings. The second kappa shape index (κ2) is 18.7. The predicted octanol–water partition coefficient (Wildman–Crippen LogP) is 5.96. The molecule has 154 valence electrons. The monoisotopic (exact) mass is 522 g/mol. The van der Waals surface area contributed by atoms with Crippen molar-refractivity contribution >= 4 is 59.0 Å². The van der Waals surface area contributed by atoms with Crippen molar-refractivity contribution in [3.8, 4) is 0 Å². The van der Waals surface area contributed by atoms with Crippen LogP contribution in [-0.4, -0.2) is 63.9 Å². The average Bonchev–Trinajstić information content (AvgIpc) is 2.65. The molecule has 1 rings (SSSR count). The topological polar surface area (TPSA) is 43.4 Å². The van der Waals surface area contributed by atoms with E-state index in [-0.39, 0.29) is 60.4 Å². The van der Waals surface area contributed by atoms with Crippen molar-refractivity contribution in [1.29, 1.82) is 0 Å². The SMILES string of the molecule is CCCCCCCCCCCCCCCCOS(=O)(=O)c1ccccc1.[BaH2]. The Morgan fingerprint density at radius 2 is 1.07 bits per heavy atom. The number of unbranched alkanes of at least 4 members (excludes halogenated alkanes) is 13. The molecule has 0 spiro atoms. The van der Waals surface area contributed by atoms with Crippen molar-refractivity contribution in [2.24, 2.45) is 0 Å². The van der Waals surface area contributed by atoms with Gasteiger partial charge in [0.25, 0.3) is 10.1 Å². The van der Waals surface area contributed by atoms with Crippen molar-refractivity contribution < 1.29 is 12.6 Å². The van der Waals surface area contributed by atoms with Gasteiger partial charge in [0.05, 0.1) is 11.5 Å². The minimum atomic E-state index is -3.58. The van der Waals surface area contributed by atoms with Crippen LogP contribution in [0.4, 0.5) is 0 Å². The quantitative estimate of drug-likeness (QED) is 0.144. The van der Waals surface area contributed by atoms with Gasteiger partial charge in [-0.15, -0.1) is 0 Å². The standard InChI is InChI=1S/C22H38O3S.Ba.2H/c1-2-3-4-5-6-7-8-9-10-11-12-13-14-18-21-25-26(23,24)22-19-16-15-17-20-22;;;/h15-17,19-20H,2-14,18,21H2,1H3;;;. The molecule has 1 aromatic carbocycles. The molecular weight excluding hydrogens is 482 g/mol. The van der Waals surface area contributed by atoms with E-state index in [1.165, 1.54) is 77.0 Å². The van der Waals surface area contributed by atoms with Crippen LogP contribution < -0.4 is 0 Å². The summed E-state index contributed by atoms with van der Waals surface area (Å²) in [4.78, 5) is 0.241. The van der Waals surface area contributed by atoms with E-state index in [1.54, 1.807) is 30.3 Å². The van der Waals surface area contributed by atoms with Crippen molar-refractivity contribution in [2.45, 2.75) is 102 Å². The molecule has 0 aliphatic carbocycles. The molecule has 0 radical (unpaired) electrons. The third-order valence-corrected chi connectivity index (χ3v) is 6.09. The second-order valence-corrected chi connectivity index (χ2v) is 8.80. The van der Waals surface area contributed by atoms with Crippen LogP contribution in [0.2, 0.25) is 0 Å². The molecule has 0 aliphatic heterocycles. The molecule has 0 heterocycles. The van der Waals surface area contributed by atoms with Crippen molar-refractivity contribution in [2.75, 3.05) is 6.61 Å². The molecule has 0 aliphatic rings. The number of benzene rings is 1. The average molecular weight is 522 g/mol. The van der Waals surface area contributed by atoms with E-state index >= 15 is 0 Å². The van der Waals surface area contributed by atoms with Gasteiger partial charge in [0.1, 0.15) is 0 Å². The molecule has 0 saturated heterocycles. The fourth-order valence-electron chi connectivity index (χ4n) is 3.12. The van der Waals surface area contributed by atoms with E-state index < -0.39 is 10.1 Å². The Labute approximate surface area is 208 Å². The second-order valence-electron chi connectivity index (χ2n) is 7.19. The van der Waals surface area contributed by atoms with Gasteiger partial charge in [0.2, 0.25) is 0 Å². The minimum absolute atomic E-state index is 0.